The molecule has 1 saturated carbocycles. The number of rotatable bonds is 4. The number of nitrogens with one attached hydrogen (secondary N) is 1. The fourth-order valence-corrected chi connectivity index (χ4v) is 3.00. The van der Waals surface area contributed by atoms with Crippen molar-refractivity contribution in [1.29, 1.82) is 0 Å². The molecule has 1 fully saturated rings. The van der Waals surface area contributed by atoms with Gasteiger partial charge in [0.05, 0.1) is 12.2 Å². The predicted octanol–water partition coefficient (Wildman–Crippen LogP) is 3.35. The van der Waals surface area contributed by atoms with E-state index in [9.17, 15) is 9.59 Å². The monoisotopic (exact) mass is 336 g/mol. The molecule has 25 heavy (non-hydrogen) atoms. The molecule has 1 heterocycles. The maximum atomic E-state index is 12.7. The van der Waals surface area contributed by atoms with Crippen LogP contribution >= 0.6 is 0 Å². The van der Waals surface area contributed by atoms with Crippen molar-refractivity contribution in [2.75, 3.05) is 10.2 Å². The molecule has 2 amide bonds. The lowest BCUT2D eigenvalue weighted by atomic mass is 10.1. The first-order valence-electron chi connectivity index (χ1n) is 8.58. The maximum absolute atomic E-state index is 12.7. The molecule has 4 rings (SSSR count). The van der Waals surface area contributed by atoms with Gasteiger partial charge >= 0.3 is 0 Å². The minimum Gasteiger partial charge on any atom is -0.479 e. The Morgan fingerprint density at radius 3 is 2.68 bits per heavy atom. The van der Waals surface area contributed by atoms with E-state index in [0.717, 1.165) is 18.4 Å². The average molecular weight is 336 g/mol. The van der Waals surface area contributed by atoms with E-state index in [-0.39, 0.29) is 17.7 Å². The number of carbonyl (C=O) groups is 2. The van der Waals surface area contributed by atoms with Crippen molar-refractivity contribution in [3.05, 3.63) is 54.1 Å². The number of nitrogens with zero attached hydrogens (tertiary/aromatic N) is 1. The Kier molecular flexibility index (Phi) is 3.92. The summed E-state index contributed by atoms with van der Waals surface area (Å²) < 4.78 is 5.73. The highest BCUT2D eigenvalue weighted by atomic mass is 16.5. The summed E-state index contributed by atoms with van der Waals surface area (Å²) in [5.74, 6) is 0.759. The van der Waals surface area contributed by atoms with Crippen molar-refractivity contribution in [3.63, 3.8) is 0 Å². The van der Waals surface area contributed by atoms with Gasteiger partial charge in [0.15, 0.2) is 6.10 Å². The lowest BCUT2D eigenvalue weighted by molar-refractivity contribution is -0.125. The molecular formula is C20H20N2O3. The molecule has 2 aliphatic rings. The molecule has 1 aliphatic carbocycles. The molecule has 0 spiro atoms. The highest BCUT2D eigenvalue weighted by molar-refractivity contribution is 6.01. The van der Waals surface area contributed by atoms with E-state index >= 15 is 0 Å². The van der Waals surface area contributed by atoms with Gasteiger partial charge < -0.3 is 15.0 Å². The van der Waals surface area contributed by atoms with Crippen LogP contribution in [0.4, 0.5) is 11.4 Å². The highest BCUT2D eigenvalue weighted by Gasteiger charge is 2.33. The molecule has 1 unspecified atom stereocenters. The molecule has 2 aromatic rings. The van der Waals surface area contributed by atoms with Crippen molar-refractivity contribution in [1.82, 2.24) is 0 Å². The molecule has 1 atom stereocenters. The van der Waals surface area contributed by atoms with Crippen LogP contribution in [0, 0.1) is 5.92 Å². The van der Waals surface area contributed by atoms with E-state index in [0.29, 0.717) is 23.7 Å². The van der Waals surface area contributed by atoms with Crippen molar-refractivity contribution in [2.45, 2.75) is 32.4 Å². The van der Waals surface area contributed by atoms with Crippen molar-refractivity contribution in [3.8, 4) is 5.75 Å². The summed E-state index contributed by atoms with van der Waals surface area (Å²) in [6, 6.07) is 15.3. The minimum absolute atomic E-state index is 0.0472. The van der Waals surface area contributed by atoms with Gasteiger partial charge in [-0.3, -0.25) is 9.59 Å². The van der Waals surface area contributed by atoms with Crippen LogP contribution in [0.5, 0.6) is 5.75 Å². The second kappa shape index (κ2) is 6.24. The second-order valence-corrected chi connectivity index (χ2v) is 6.62. The Morgan fingerprint density at radius 2 is 1.96 bits per heavy atom. The number of hydrogen-bond acceptors (Lipinski definition) is 3. The van der Waals surface area contributed by atoms with Crippen LogP contribution < -0.4 is 15.0 Å². The van der Waals surface area contributed by atoms with Crippen LogP contribution in [-0.4, -0.2) is 17.9 Å². The Balaban J connectivity index is 1.64. The molecule has 1 N–H and O–H groups in total. The predicted molar refractivity (Wildman–Crippen MR) is 95.5 cm³/mol. The molecule has 0 bridgehead atoms. The molecule has 5 heteroatoms. The summed E-state index contributed by atoms with van der Waals surface area (Å²) in [6.45, 7) is 2.23. The standard InChI is InChI=1S/C20H20N2O3/c1-13-20(24)22(12-14-5-3-2-4-6-14)17-11-16(9-10-18(17)25-13)21-19(23)15-7-8-15/h2-6,9-11,13,15H,7-8,12H2,1H3,(H,21,23). The van der Waals surface area contributed by atoms with Gasteiger partial charge in [-0.15, -0.1) is 0 Å². The second-order valence-electron chi connectivity index (χ2n) is 6.62. The Bertz CT molecular complexity index is 815. The van der Waals surface area contributed by atoms with E-state index in [1.54, 1.807) is 11.8 Å². The zero-order valence-electron chi connectivity index (χ0n) is 14.1. The van der Waals surface area contributed by atoms with Gasteiger partial charge in [0, 0.05) is 11.6 Å². The highest BCUT2D eigenvalue weighted by Crippen LogP contribution is 2.38. The number of amides is 2. The number of hydrogen-bond donors (Lipinski definition) is 1. The molecule has 1 aliphatic heterocycles. The summed E-state index contributed by atoms with van der Waals surface area (Å²) >= 11 is 0. The largest absolute Gasteiger partial charge is 0.479 e. The third kappa shape index (κ3) is 3.22. The van der Waals surface area contributed by atoms with E-state index in [2.05, 4.69) is 5.32 Å². The van der Waals surface area contributed by atoms with Crippen LogP contribution in [0.2, 0.25) is 0 Å². The topological polar surface area (TPSA) is 58.6 Å². The first-order valence-corrected chi connectivity index (χ1v) is 8.58. The minimum atomic E-state index is -0.525. The van der Waals surface area contributed by atoms with Gasteiger partial charge in [-0.05, 0) is 43.5 Å². The van der Waals surface area contributed by atoms with E-state index in [1.165, 1.54) is 0 Å². The molecular weight excluding hydrogens is 316 g/mol. The smallest absolute Gasteiger partial charge is 0.268 e. The van der Waals surface area contributed by atoms with E-state index in [4.69, 9.17) is 4.74 Å². The molecule has 0 saturated heterocycles. The average Bonchev–Trinajstić information content (AvgIpc) is 3.45. The number of ether oxygens (including phenoxy) is 1. The van der Waals surface area contributed by atoms with Crippen LogP contribution in [0.15, 0.2) is 48.5 Å². The first kappa shape index (κ1) is 15.7. The Hall–Kier alpha value is -2.82. The van der Waals surface area contributed by atoms with Gasteiger partial charge in [0.1, 0.15) is 5.75 Å². The molecule has 0 aromatic heterocycles. The summed E-state index contributed by atoms with van der Waals surface area (Å²) in [5, 5.41) is 2.93. The lowest BCUT2D eigenvalue weighted by Crippen LogP contribution is -2.44. The van der Waals surface area contributed by atoms with Crippen molar-refractivity contribution >= 4 is 23.2 Å². The number of fused-ring (bicyclic) bond motifs is 1. The molecule has 2 aromatic carbocycles. The quantitative estimate of drug-likeness (QED) is 0.931. The fourth-order valence-electron chi connectivity index (χ4n) is 3.00. The van der Waals surface area contributed by atoms with E-state index < -0.39 is 6.10 Å². The van der Waals surface area contributed by atoms with Gasteiger partial charge in [-0.2, -0.15) is 0 Å². The Labute approximate surface area is 146 Å². The van der Waals surface area contributed by atoms with Crippen molar-refractivity contribution in [2.24, 2.45) is 5.92 Å². The van der Waals surface area contributed by atoms with Crippen LogP contribution in [0.25, 0.3) is 0 Å². The van der Waals surface area contributed by atoms with Crippen LogP contribution in [0.1, 0.15) is 25.3 Å². The fraction of sp³-hybridized carbons (Fsp3) is 0.300. The lowest BCUT2D eigenvalue weighted by Gasteiger charge is -2.33. The third-order valence-corrected chi connectivity index (χ3v) is 4.57. The van der Waals surface area contributed by atoms with Crippen LogP contribution in [-0.2, 0) is 16.1 Å². The SMILES string of the molecule is CC1Oc2ccc(NC(=O)C3CC3)cc2N(Cc2ccccc2)C1=O. The Morgan fingerprint density at radius 1 is 1.20 bits per heavy atom. The zero-order valence-corrected chi connectivity index (χ0v) is 14.1. The normalized spacial score (nSPS) is 19.2. The van der Waals surface area contributed by atoms with Crippen LogP contribution in [0.3, 0.4) is 0 Å². The number of carbonyl (C=O) groups excluding carboxylic acids is 2. The third-order valence-electron chi connectivity index (χ3n) is 4.57. The van der Waals surface area contributed by atoms with Crippen molar-refractivity contribution < 1.29 is 14.3 Å². The maximum Gasteiger partial charge on any atom is 0.268 e. The van der Waals surface area contributed by atoms with Gasteiger partial charge in [-0.25, -0.2) is 0 Å². The van der Waals surface area contributed by atoms with Gasteiger partial charge in [-0.1, -0.05) is 30.3 Å². The first-order chi connectivity index (χ1) is 12.1. The van der Waals surface area contributed by atoms with Gasteiger partial charge in [0.25, 0.3) is 5.91 Å². The molecule has 0 radical (unpaired) electrons. The number of anilines is 2. The zero-order chi connectivity index (χ0) is 17.4. The summed E-state index contributed by atoms with van der Waals surface area (Å²) in [5.41, 5.74) is 2.43. The summed E-state index contributed by atoms with van der Waals surface area (Å²) in [4.78, 5) is 26.4. The van der Waals surface area contributed by atoms with Gasteiger partial charge in [0.2, 0.25) is 5.91 Å². The molecule has 5 nitrogen and oxygen atoms in total. The summed E-state index contributed by atoms with van der Waals surface area (Å²) in [7, 11) is 0. The van der Waals surface area contributed by atoms with E-state index in [1.807, 2.05) is 48.5 Å². The molecule has 128 valence electrons. The number of benzene rings is 2. The summed E-state index contributed by atoms with van der Waals surface area (Å²) in [6.07, 6.45) is 1.38.